The first-order chi connectivity index (χ1) is 8.83. The maximum absolute atomic E-state index is 11.9. The van der Waals surface area contributed by atoms with Gasteiger partial charge in [0, 0.05) is 6.42 Å². The Morgan fingerprint density at radius 2 is 1.72 bits per heavy atom. The molecule has 1 aliphatic heterocycles. The van der Waals surface area contributed by atoms with Gasteiger partial charge >= 0.3 is 0 Å². The molecule has 90 valence electrons. The highest BCUT2D eigenvalue weighted by Gasteiger charge is 2.27. The minimum atomic E-state index is -0.456. The number of hydrogen-bond donors (Lipinski definition) is 1. The topological polar surface area (TPSA) is 38.3 Å². The van der Waals surface area contributed by atoms with Gasteiger partial charge in [0.25, 0.3) is 5.91 Å². The highest BCUT2D eigenvalue weighted by atomic mass is 16.5. The van der Waals surface area contributed by atoms with E-state index in [0.717, 1.165) is 17.0 Å². The Kier molecular flexibility index (Phi) is 2.73. The lowest BCUT2D eigenvalue weighted by Crippen LogP contribution is -2.38. The average molecular weight is 239 g/mol. The van der Waals surface area contributed by atoms with Crippen molar-refractivity contribution >= 4 is 11.6 Å². The molecule has 1 heterocycles. The number of benzene rings is 2. The standard InChI is InChI=1S/C15H13NO2/c17-15-14(10-11-6-2-1-3-7-11)18-13-9-5-4-8-12(13)16-15/h1-9,14H,10H2,(H,16,17)/t14-/m1/s1. The third-order valence-corrected chi connectivity index (χ3v) is 2.97. The van der Waals surface area contributed by atoms with Crippen molar-refractivity contribution < 1.29 is 9.53 Å². The van der Waals surface area contributed by atoms with Crippen molar-refractivity contribution in [1.29, 1.82) is 0 Å². The van der Waals surface area contributed by atoms with Gasteiger partial charge in [-0.15, -0.1) is 0 Å². The number of rotatable bonds is 2. The molecule has 0 aliphatic carbocycles. The van der Waals surface area contributed by atoms with E-state index in [2.05, 4.69) is 5.32 Å². The third-order valence-electron chi connectivity index (χ3n) is 2.97. The average Bonchev–Trinajstić information content (AvgIpc) is 2.41. The van der Waals surface area contributed by atoms with E-state index in [9.17, 15) is 4.79 Å². The van der Waals surface area contributed by atoms with Crippen LogP contribution < -0.4 is 10.1 Å². The molecule has 18 heavy (non-hydrogen) atoms. The van der Waals surface area contributed by atoms with Gasteiger partial charge in [0.05, 0.1) is 5.69 Å². The highest BCUT2D eigenvalue weighted by Crippen LogP contribution is 2.29. The summed E-state index contributed by atoms with van der Waals surface area (Å²) in [6, 6.07) is 17.4. The highest BCUT2D eigenvalue weighted by molar-refractivity contribution is 5.97. The Labute approximate surface area is 105 Å². The SMILES string of the molecule is O=C1Nc2ccccc2O[C@@H]1Cc1ccccc1. The number of nitrogens with one attached hydrogen (secondary N) is 1. The normalized spacial score (nSPS) is 17.6. The number of carbonyl (C=O) groups is 1. The summed E-state index contributed by atoms with van der Waals surface area (Å²) in [6.45, 7) is 0. The number of anilines is 1. The first-order valence-corrected chi connectivity index (χ1v) is 5.93. The van der Waals surface area contributed by atoms with Gasteiger partial charge < -0.3 is 10.1 Å². The minimum Gasteiger partial charge on any atom is -0.478 e. The molecule has 1 amide bonds. The van der Waals surface area contributed by atoms with Crippen molar-refractivity contribution in [1.82, 2.24) is 0 Å². The number of ether oxygens (including phenoxy) is 1. The van der Waals surface area contributed by atoms with Gasteiger partial charge in [0.15, 0.2) is 6.10 Å². The van der Waals surface area contributed by atoms with Gasteiger partial charge in [-0.3, -0.25) is 4.79 Å². The lowest BCUT2D eigenvalue weighted by molar-refractivity contribution is -0.123. The van der Waals surface area contributed by atoms with Crippen LogP contribution in [0.15, 0.2) is 54.6 Å². The molecule has 3 nitrogen and oxygen atoms in total. The summed E-state index contributed by atoms with van der Waals surface area (Å²) >= 11 is 0. The quantitative estimate of drug-likeness (QED) is 0.874. The van der Waals surface area contributed by atoms with Crippen LogP contribution in [-0.4, -0.2) is 12.0 Å². The predicted octanol–water partition coefficient (Wildman–Crippen LogP) is 2.63. The molecule has 3 heteroatoms. The third kappa shape index (κ3) is 2.07. The van der Waals surface area contributed by atoms with Crippen LogP contribution in [-0.2, 0) is 11.2 Å². The fourth-order valence-electron chi connectivity index (χ4n) is 2.06. The van der Waals surface area contributed by atoms with E-state index in [-0.39, 0.29) is 5.91 Å². The fourth-order valence-corrected chi connectivity index (χ4v) is 2.06. The first-order valence-electron chi connectivity index (χ1n) is 5.93. The number of fused-ring (bicyclic) bond motifs is 1. The molecular formula is C15H13NO2. The molecule has 0 saturated carbocycles. The van der Waals surface area contributed by atoms with Gasteiger partial charge in [-0.2, -0.15) is 0 Å². The van der Waals surface area contributed by atoms with E-state index in [1.807, 2.05) is 54.6 Å². The molecule has 0 saturated heterocycles. The summed E-state index contributed by atoms with van der Waals surface area (Å²) in [5, 5.41) is 2.87. The van der Waals surface area contributed by atoms with Crippen molar-refractivity contribution in [3.8, 4) is 5.75 Å². The van der Waals surface area contributed by atoms with Crippen LogP contribution in [0.25, 0.3) is 0 Å². The second-order valence-electron chi connectivity index (χ2n) is 4.28. The predicted molar refractivity (Wildman–Crippen MR) is 69.6 cm³/mol. The zero-order valence-electron chi connectivity index (χ0n) is 9.80. The monoisotopic (exact) mass is 239 g/mol. The van der Waals surface area contributed by atoms with Crippen LogP contribution in [0.2, 0.25) is 0 Å². The number of hydrogen-bond acceptors (Lipinski definition) is 2. The van der Waals surface area contributed by atoms with Crippen molar-refractivity contribution in [2.45, 2.75) is 12.5 Å². The Hall–Kier alpha value is -2.29. The zero-order valence-corrected chi connectivity index (χ0v) is 9.80. The Morgan fingerprint density at radius 1 is 1.00 bits per heavy atom. The van der Waals surface area contributed by atoms with Crippen LogP contribution >= 0.6 is 0 Å². The Morgan fingerprint density at radius 3 is 2.56 bits per heavy atom. The number of para-hydroxylation sites is 2. The molecule has 3 rings (SSSR count). The number of carbonyl (C=O) groups excluding carboxylic acids is 1. The van der Waals surface area contributed by atoms with E-state index >= 15 is 0 Å². The molecule has 1 aliphatic rings. The molecule has 0 aromatic heterocycles. The van der Waals surface area contributed by atoms with Gasteiger partial charge in [-0.25, -0.2) is 0 Å². The smallest absolute Gasteiger partial charge is 0.265 e. The zero-order chi connectivity index (χ0) is 12.4. The van der Waals surface area contributed by atoms with Crippen LogP contribution in [0.1, 0.15) is 5.56 Å². The van der Waals surface area contributed by atoms with E-state index in [0.29, 0.717) is 6.42 Å². The van der Waals surface area contributed by atoms with E-state index in [1.54, 1.807) is 0 Å². The molecule has 2 aromatic rings. The van der Waals surface area contributed by atoms with Crippen LogP contribution in [0.3, 0.4) is 0 Å². The minimum absolute atomic E-state index is 0.0856. The summed E-state index contributed by atoms with van der Waals surface area (Å²) in [4.78, 5) is 11.9. The maximum Gasteiger partial charge on any atom is 0.265 e. The maximum atomic E-state index is 11.9. The molecule has 1 atom stereocenters. The molecule has 0 bridgehead atoms. The van der Waals surface area contributed by atoms with Crippen molar-refractivity contribution in [3.63, 3.8) is 0 Å². The van der Waals surface area contributed by atoms with Gasteiger partial charge in [-0.1, -0.05) is 42.5 Å². The molecular weight excluding hydrogens is 226 g/mol. The summed E-state index contributed by atoms with van der Waals surface area (Å²) in [6.07, 6.45) is 0.128. The van der Waals surface area contributed by atoms with Crippen LogP contribution in [0, 0.1) is 0 Å². The van der Waals surface area contributed by atoms with E-state index in [4.69, 9.17) is 4.74 Å². The molecule has 0 fully saturated rings. The molecule has 1 N–H and O–H groups in total. The number of amides is 1. The Bertz CT molecular complexity index is 566. The van der Waals surface area contributed by atoms with Crippen LogP contribution in [0.4, 0.5) is 5.69 Å². The summed E-state index contributed by atoms with van der Waals surface area (Å²) in [5.74, 6) is 0.649. The van der Waals surface area contributed by atoms with Gasteiger partial charge in [0.2, 0.25) is 0 Å². The molecule has 2 aromatic carbocycles. The van der Waals surface area contributed by atoms with Crippen molar-refractivity contribution in [2.24, 2.45) is 0 Å². The summed E-state index contributed by atoms with van der Waals surface area (Å²) in [7, 11) is 0. The second-order valence-corrected chi connectivity index (χ2v) is 4.28. The molecule has 0 unspecified atom stereocenters. The van der Waals surface area contributed by atoms with Gasteiger partial charge in [-0.05, 0) is 17.7 Å². The second kappa shape index (κ2) is 4.53. The van der Waals surface area contributed by atoms with Crippen molar-refractivity contribution in [3.05, 3.63) is 60.2 Å². The lowest BCUT2D eigenvalue weighted by atomic mass is 10.1. The Balaban J connectivity index is 1.81. The van der Waals surface area contributed by atoms with E-state index in [1.165, 1.54) is 0 Å². The van der Waals surface area contributed by atoms with Crippen LogP contribution in [0.5, 0.6) is 5.75 Å². The first kappa shape index (κ1) is 10.8. The molecule has 0 spiro atoms. The summed E-state index contributed by atoms with van der Waals surface area (Å²) in [5.41, 5.74) is 1.84. The van der Waals surface area contributed by atoms with E-state index < -0.39 is 6.10 Å². The fraction of sp³-hybridized carbons (Fsp3) is 0.133. The van der Waals surface area contributed by atoms with Crippen molar-refractivity contribution in [2.75, 3.05) is 5.32 Å². The summed E-state index contributed by atoms with van der Waals surface area (Å²) < 4.78 is 5.74. The molecule has 0 radical (unpaired) electrons. The lowest BCUT2D eigenvalue weighted by Gasteiger charge is -2.25. The largest absolute Gasteiger partial charge is 0.478 e. The van der Waals surface area contributed by atoms with Gasteiger partial charge in [0.1, 0.15) is 5.75 Å².